The molecule has 1 amide bonds. The third-order valence-corrected chi connectivity index (χ3v) is 6.60. The largest absolute Gasteiger partial charge is 0.368 e. The number of benzene rings is 2. The summed E-state index contributed by atoms with van der Waals surface area (Å²) in [5, 5.41) is 14.9. The second-order valence-electron chi connectivity index (χ2n) is 8.47. The number of amides is 1. The Morgan fingerprint density at radius 2 is 1.64 bits per heavy atom. The van der Waals surface area contributed by atoms with Crippen molar-refractivity contribution in [3.8, 4) is 0 Å². The highest BCUT2D eigenvalue weighted by molar-refractivity contribution is 7.80. The van der Waals surface area contributed by atoms with E-state index in [0.717, 1.165) is 50.3 Å². The number of piperazine rings is 1. The Morgan fingerprint density at radius 3 is 2.30 bits per heavy atom. The quantitative estimate of drug-likeness (QED) is 0.410. The number of nitro groups is 1. The minimum absolute atomic E-state index is 0.116. The SMILES string of the molecule is O=C(Cc1ccccc1)NC(=S)N1CCN(c2ccc([N+](=O)[O-])c(N3CCCCC3)c2)CC1. The maximum Gasteiger partial charge on any atom is 0.292 e. The molecule has 0 spiro atoms. The van der Waals surface area contributed by atoms with Gasteiger partial charge in [0.05, 0.1) is 11.3 Å². The highest BCUT2D eigenvalue weighted by atomic mass is 32.1. The average molecular weight is 468 g/mol. The zero-order valence-corrected chi connectivity index (χ0v) is 19.4. The molecule has 0 radical (unpaired) electrons. The lowest BCUT2D eigenvalue weighted by Gasteiger charge is -2.37. The van der Waals surface area contributed by atoms with Crippen LogP contribution in [0.1, 0.15) is 24.8 Å². The highest BCUT2D eigenvalue weighted by Crippen LogP contribution is 2.34. The fraction of sp³-hybridized carbons (Fsp3) is 0.417. The predicted molar refractivity (Wildman–Crippen MR) is 134 cm³/mol. The standard InChI is InChI=1S/C24H29N5O3S/c30-23(17-19-7-3-1-4-8-19)25-24(33)28-15-13-26(14-16-28)20-9-10-21(29(31)32)22(18-20)27-11-5-2-6-12-27/h1,3-4,7-10,18H,2,5-6,11-17H2,(H,25,30,33). The van der Waals surface area contributed by atoms with Crippen LogP contribution >= 0.6 is 12.2 Å². The van der Waals surface area contributed by atoms with Crippen LogP contribution in [0.4, 0.5) is 17.1 Å². The second-order valence-corrected chi connectivity index (χ2v) is 8.85. The Balaban J connectivity index is 1.35. The lowest BCUT2D eigenvalue weighted by molar-refractivity contribution is -0.384. The molecule has 0 atom stereocenters. The van der Waals surface area contributed by atoms with E-state index in [1.165, 1.54) is 6.42 Å². The molecule has 0 saturated carbocycles. The first kappa shape index (κ1) is 23.0. The monoisotopic (exact) mass is 467 g/mol. The smallest absolute Gasteiger partial charge is 0.292 e. The van der Waals surface area contributed by atoms with Crippen molar-refractivity contribution in [1.82, 2.24) is 10.2 Å². The number of hydrogen-bond acceptors (Lipinski definition) is 6. The maximum absolute atomic E-state index is 12.3. The zero-order chi connectivity index (χ0) is 23.2. The summed E-state index contributed by atoms with van der Waals surface area (Å²) >= 11 is 5.47. The first-order valence-corrected chi connectivity index (χ1v) is 11.8. The number of rotatable bonds is 5. The van der Waals surface area contributed by atoms with Gasteiger partial charge in [-0.2, -0.15) is 0 Å². The third-order valence-electron chi connectivity index (χ3n) is 6.24. The number of anilines is 2. The van der Waals surface area contributed by atoms with Crippen LogP contribution in [-0.4, -0.2) is 60.1 Å². The van der Waals surface area contributed by atoms with Crippen molar-refractivity contribution in [2.45, 2.75) is 25.7 Å². The summed E-state index contributed by atoms with van der Waals surface area (Å²) in [5.74, 6) is -0.116. The summed E-state index contributed by atoms with van der Waals surface area (Å²) in [7, 11) is 0. The van der Waals surface area contributed by atoms with Gasteiger partial charge in [-0.05, 0) is 49.2 Å². The fourth-order valence-corrected chi connectivity index (χ4v) is 4.74. The van der Waals surface area contributed by atoms with E-state index in [4.69, 9.17) is 12.2 Å². The summed E-state index contributed by atoms with van der Waals surface area (Å²) in [6, 6.07) is 15.0. The molecule has 2 heterocycles. The van der Waals surface area contributed by atoms with E-state index in [0.29, 0.717) is 30.3 Å². The van der Waals surface area contributed by atoms with Crippen molar-refractivity contribution in [2.24, 2.45) is 0 Å². The minimum atomic E-state index is -0.289. The molecule has 0 aromatic heterocycles. The molecule has 2 aromatic carbocycles. The molecule has 2 saturated heterocycles. The molecule has 4 rings (SSSR count). The van der Waals surface area contributed by atoms with Gasteiger partial charge in [-0.1, -0.05) is 30.3 Å². The second kappa shape index (κ2) is 10.6. The number of thiocarbonyl (C=S) groups is 1. The molecule has 2 aromatic rings. The predicted octanol–water partition coefficient (Wildman–Crippen LogP) is 3.35. The van der Waals surface area contributed by atoms with Gasteiger partial charge < -0.3 is 20.0 Å². The molecular weight excluding hydrogens is 438 g/mol. The van der Waals surface area contributed by atoms with Crippen LogP contribution in [0.25, 0.3) is 0 Å². The summed E-state index contributed by atoms with van der Waals surface area (Å²) < 4.78 is 0. The molecule has 0 unspecified atom stereocenters. The van der Waals surface area contributed by atoms with Crippen LogP contribution in [0.15, 0.2) is 48.5 Å². The molecular formula is C24H29N5O3S. The average Bonchev–Trinajstić information content (AvgIpc) is 2.85. The fourth-order valence-electron chi connectivity index (χ4n) is 4.44. The summed E-state index contributed by atoms with van der Waals surface area (Å²) in [5.41, 5.74) is 2.81. The molecule has 174 valence electrons. The van der Waals surface area contributed by atoms with Gasteiger partial charge in [0.1, 0.15) is 5.69 Å². The van der Waals surface area contributed by atoms with Crippen molar-refractivity contribution in [3.63, 3.8) is 0 Å². The topological polar surface area (TPSA) is 82.0 Å². The lowest BCUT2D eigenvalue weighted by Crippen LogP contribution is -2.53. The van der Waals surface area contributed by atoms with Crippen molar-refractivity contribution < 1.29 is 9.72 Å². The van der Waals surface area contributed by atoms with E-state index < -0.39 is 0 Å². The van der Waals surface area contributed by atoms with E-state index in [2.05, 4.69) is 15.1 Å². The first-order chi connectivity index (χ1) is 16.0. The van der Waals surface area contributed by atoms with Crippen LogP contribution < -0.4 is 15.1 Å². The number of hydrogen-bond donors (Lipinski definition) is 1. The van der Waals surface area contributed by atoms with E-state index >= 15 is 0 Å². The van der Waals surface area contributed by atoms with Gasteiger partial charge in [0, 0.05) is 51.0 Å². The van der Waals surface area contributed by atoms with Crippen LogP contribution in [0.5, 0.6) is 0 Å². The van der Waals surface area contributed by atoms with Gasteiger partial charge in [-0.25, -0.2) is 0 Å². The van der Waals surface area contributed by atoms with Crippen LogP contribution in [0, 0.1) is 10.1 Å². The Labute approximate surface area is 199 Å². The number of carbonyl (C=O) groups excluding carboxylic acids is 1. The van der Waals surface area contributed by atoms with Gasteiger partial charge in [0.15, 0.2) is 5.11 Å². The number of nitrogens with zero attached hydrogens (tertiary/aromatic N) is 4. The van der Waals surface area contributed by atoms with E-state index in [1.807, 2.05) is 47.4 Å². The molecule has 33 heavy (non-hydrogen) atoms. The number of nitrogens with one attached hydrogen (secondary N) is 1. The third kappa shape index (κ3) is 5.78. The van der Waals surface area contributed by atoms with E-state index in [-0.39, 0.29) is 16.5 Å². The molecule has 1 N–H and O–H groups in total. The minimum Gasteiger partial charge on any atom is -0.368 e. The van der Waals surface area contributed by atoms with E-state index in [1.54, 1.807) is 6.07 Å². The van der Waals surface area contributed by atoms with Crippen molar-refractivity contribution >= 4 is 40.3 Å². The Kier molecular flexibility index (Phi) is 7.39. The molecule has 8 nitrogen and oxygen atoms in total. The van der Waals surface area contributed by atoms with Gasteiger partial charge >= 0.3 is 0 Å². The molecule has 2 aliphatic heterocycles. The number of piperidine rings is 1. The van der Waals surface area contributed by atoms with Gasteiger partial charge in [0.25, 0.3) is 5.69 Å². The number of nitro benzene ring substituents is 1. The van der Waals surface area contributed by atoms with Gasteiger partial charge in [-0.15, -0.1) is 0 Å². The van der Waals surface area contributed by atoms with Crippen LogP contribution in [-0.2, 0) is 11.2 Å². The first-order valence-electron chi connectivity index (χ1n) is 11.4. The Morgan fingerprint density at radius 1 is 0.939 bits per heavy atom. The number of carbonyl (C=O) groups is 1. The molecule has 2 aliphatic rings. The zero-order valence-electron chi connectivity index (χ0n) is 18.6. The van der Waals surface area contributed by atoms with Crippen molar-refractivity contribution in [3.05, 3.63) is 64.2 Å². The summed E-state index contributed by atoms with van der Waals surface area (Å²) in [6.45, 7) is 4.53. The van der Waals surface area contributed by atoms with Gasteiger partial charge in [0.2, 0.25) is 5.91 Å². The van der Waals surface area contributed by atoms with Crippen LogP contribution in [0.2, 0.25) is 0 Å². The van der Waals surface area contributed by atoms with Crippen molar-refractivity contribution in [1.29, 1.82) is 0 Å². The lowest BCUT2D eigenvalue weighted by atomic mass is 10.1. The van der Waals surface area contributed by atoms with Gasteiger partial charge in [-0.3, -0.25) is 14.9 Å². The van der Waals surface area contributed by atoms with Crippen LogP contribution in [0.3, 0.4) is 0 Å². The Bertz CT molecular complexity index is 1000. The summed E-state index contributed by atoms with van der Waals surface area (Å²) in [6.07, 6.45) is 3.59. The molecule has 0 bridgehead atoms. The molecule has 2 fully saturated rings. The maximum atomic E-state index is 12.3. The Hall–Kier alpha value is -3.20. The van der Waals surface area contributed by atoms with E-state index in [9.17, 15) is 14.9 Å². The normalized spacial score (nSPS) is 16.4. The summed E-state index contributed by atoms with van der Waals surface area (Å²) in [4.78, 5) is 30.0. The van der Waals surface area contributed by atoms with Crippen molar-refractivity contribution in [2.75, 3.05) is 49.1 Å². The highest BCUT2D eigenvalue weighted by Gasteiger charge is 2.25. The molecule has 0 aliphatic carbocycles. The molecule has 9 heteroatoms.